The van der Waals surface area contributed by atoms with Crippen LogP contribution in [-0.2, 0) is 9.53 Å². The number of hydrogen-bond donors (Lipinski definition) is 0. The third kappa shape index (κ3) is 32.0. The molecular weight excluding hydrogens is 488 g/mol. The van der Waals surface area contributed by atoms with Crippen LogP contribution in [0.5, 0.6) is 0 Å². The third-order valence-corrected chi connectivity index (χ3v) is 9.06. The van der Waals surface area contributed by atoms with Crippen LogP contribution in [0.4, 0.5) is 0 Å². The predicted octanol–water partition coefficient (Wildman–Crippen LogP) is 13.7. The maximum atomic E-state index is 12.2. The largest absolute Gasteiger partial charge is 0.466 e. The second kappa shape index (κ2) is 34.7. The van der Waals surface area contributed by atoms with Gasteiger partial charge in [0.05, 0.1) is 6.61 Å². The van der Waals surface area contributed by atoms with Crippen LogP contribution in [0.15, 0.2) is 0 Å². The molecule has 0 aromatic carbocycles. The number of carbonyl (C=O) groups is 1. The standard InChI is InChI=1S/C38H76O2/c1-4-7-9-11-13-15-17-19-20-21-22-23-25-27-29-31-33-37(6-3)34-35-38(39)40-36-32-30-28-26-24-18-16-14-12-10-8-5-2/h37H,4-36H2,1-3H3. The van der Waals surface area contributed by atoms with Crippen LogP contribution >= 0.6 is 0 Å². The highest BCUT2D eigenvalue weighted by atomic mass is 16.5. The van der Waals surface area contributed by atoms with E-state index in [0.717, 1.165) is 12.8 Å². The maximum Gasteiger partial charge on any atom is 0.305 e. The average Bonchev–Trinajstić information content (AvgIpc) is 2.96. The van der Waals surface area contributed by atoms with Crippen LogP contribution in [0.3, 0.4) is 0 Å². The lowest BCUT2D eigenvalue weighted by Crippen LogP contribution is -2.09. The van der Waals surface area contributed by atoms with Gasteiger partial charge in [0.1, 0.15) is 0 Å². The normalized spacial score (nSPS) is 12.2. The molecule has 0 rings (SSSR count). The van der Waals surface area contributed by atoms with E-state index in [9.17, 15) is 4.79 Å². The molecule has 1 atom stereocenters. The van der Waals surface area contributed by atoms with Gasteiger partial charge < -0.3 is 4.74 Å². The van der Waals surface area contributed by atoms with Gasteiger partial charge in [-0.15, -0.1) is 0 Å². The monoisotopic (exact) mass is 565 g/mol. The van der Waals surface area contributed by atoms with Gasteiger partial charge in [-0.05, 0) is 18.8 Å². The van der Waals surface area contributed by atoms with Crippen molar-refractivity contribution in [1.82, 2.24) is 0 Å². The third-order valence-electron chi connectivity index (χ3n) is 9.06. The van der Waals surface area contributed by atoms with E-state index in [1.807, 2.05) is 0 Å². The van der Waals surface area contributed by atoms with Gasteiger partial charge in [-0.2, -0.15) is 0 Å². The van der Waals surface area contributed by atoms with Crippen LogP contribution in [0, 0.1) is 5.92 Å². The van der Waals surface area contributed by atoms with Crippen molar-refractivity contribution in [3.05, 3.63) is 0 Å². The smallest absolute Gasteiger partial charge is 0.305 e. The second-order valence-corrected chi connectivity index (χ2v) is 13.0. The molecule has 0 aliphatic heterocycles. The Hall–Kier alpha value is -0.530. The number of rotatable bonds is 34. The van der Waals surface area contributed by atoms with Gasteiger partial charge in [0, 0.05) is 6.42 Å². The number of unbranched alkanes of at least 4 members (excludes halogenated alkanes) is 26. The fourth-order valence-electron chi connectivity index (χ4n) is 6.06. The minimum Gasteiger partial charge on any atom is -0.466 e. The molecule has 0 spiro atoms. The first-order valence-electron chi connectivity index (χ1n) is 18.9. The van der Waals surface area contributed by atoms with E-state index in [2.05, 4.69) is 20.8 Å². The average molecular weight is 565 g/mol. The van der Waals surface area contributed by atoms with E-state index in [0.29, 0.717) is 18.9 Å². The molecule has 0 N–H and O–H groups in total. The summed E-state index contributed by atoms with van der Waals surface area (Å²) in [6, 6.07) is 0. The zero-order chi connectivity index (χ0) is 29.2. The van der Waals surface area contributed by atoms with Crippen molar-refractivity contribution in [2.75, 3.05) is 6.61 Å². The Morgan fingerprint density at radius 2 is 0.750 bits per heavy atom. The van der Waals surface area contributed by atoms with Gasteiger partial charge in [0.15, 0.2) is 0 Å². The first kappa shape index (κ1) is 39.5. The van der Waals surface area contributed by atoms with Gasteiger partial charge in [0.2, 0.25) is 0 Å². The molecule has 0 aromatic rings. The molecule has 0 aliphatic carbocycles. The van der Waals surface area contributed by atoms with Crippen LogP contribution < -0.4 is 0 Å². The molecule has 0 aliphatic rings. The summed E-state index contributed by atoms with van der Waals surface area (Å²) in [5.41, 5.74) is 0. The fraction of sp³-hybridized carbons (Fsp3) is 0.974. The number of ether oxygens (including phenoxy) is 1. The van der Waals surface area contributed by atoms with Crippen LogP contribution in [0.2, 0.25) is 0 Å². The van der Waals surface area contributed by atoms with Gasteiger partial charge in [-0.1, -0.05) is 207 Å². The summed E-state index contributed by atoms with van der Waals surface area (Å²) in [5, 5.41) is 0. The van der Waals surface area contributed by atoms with E-state index in [4.69, 9.17) is 4.74 Å². The van der Waals surface area contributed by atoms with Crippen molar-refractivity contribution in [3.8, 4) is 0 Å². The molecule has 0 saturated heterocycles. The highest BCUT2D eigenvalue weighted by Crippen LogP contribution is 2.21. The molecule has 0 radical (unpaired) electrons. The SMILES string of the molecule is CCCCCCCCCCCCCCCCCCC(CC)CCC(=O)OCCCCCCCCCCCCCC. The lowest BCUT2D eigenvalue weighted by atomic mass is 9.93. The van der Waals surface area contributed by atoms with Gasteiger partial charge in [0.25, 0.3) is 0 Å². The van der Waals surface area contributed by atoms with E-state index < -0.39 is 0 Å². The van der Waals surface area contributed by atoms with E-state index in [-0.39, 0.29) is 5.97 Å². The first-order valence-corrected chi connectivity index (χ1v) is 18.9. The lowest BCUT2D eigenvalue weighted by Gasteiger charge is -2.14. The molecule has 0 heterocycles. The van der Waals surface area contributed by atoms with Crippen LogP contribution in [0.25, 0.3) is 0 Å². The molecular formula is C38H76O2. The molecule has 1 unspecified atom stereocenters. The Labute approximate surface area is 254 Å². The van der Waals surface area contributed by atoms with E-state index >= 15 is 0 Å². The summed E-state index contributed by atoms with van der Waals surface area (Å²) in [7, 11) is 0. The van der Waals surface area contributed by atoms with Crippen molar-refractivity contribution in [3.63, 3.8) is 0 Å². The van der Waals surface area contributed by atoms with Crippen molar-refractivity contribution in [2.24, 2.45) is 5.92 Å². The van der Waals surface area contributed by atoms with Crippen LogP contribution in [0.1, 0.15) is 226 Å². The summed E-state index contributed by atoms with van der Waals surface area (Å²) >= 11 is 0. The number of esters is 1. The summed E-state index contributed by atoms with van der Waals surface area (Å²) in [4.78, 5) is 12.2. The lowest BCUT2D eigenvalue weighted by molar-refractivity contribution is -0.144. The highest BCUT2D eigenvalue weighted by Gasteiger charge is 2.10. The Morgan fingerprint density at radius 1 is 0.425 bits per heavy atom. The topological polar surface area (TPSA) is 26.3 Å². The van der Waals surface area contributed by atoms with Crippen molar-refractivity contribution in [1.29, 1.82) is 0 Å². The first-order chi connectivity index (χ1) is 19.7. The minimum absolute atomic E-state index is 0.0356. The zero-order valence-electron chi connectivity index (χ0n) is 28.2. The summed E-state index contributed by atoms with van der Waals surface area (Å²) in [6.07, 6.45) is 43.1. The Kier molecular flexibility index (Phi) is 34.2. The van der Waals surface area contributed by atoms with E-state index in [1.165, 1.54) is 186 Å². The molecule has 240 valence electrons. The number of hydrogen-bond acceptors (Lipinski definition) is 2. The van der Waals surface area contributed by atoms with Crippen molar-refractivity contribution in [2.45, 2.75) is 226 Å². The number of carbonyl (C=O) groups excluding carboxylic acids is 1. The van der Waals surface area contributed by atoms with Gasteiger partial charge in [-0.25, -0.2) is 0 Å². The van der Waals surface area contributed by atoms with Gasteiger partial charge in [-0.3, -0.25) is 4.79 Å². The quantitative estimate of drug-likeness (QED) is 0.0574. The second-order valence-electron chi connectivity index (χ2n) is 13.0. The molecule has 2 heteroatoms. The van der Waals surface area contributed by atoms with E-state index in [1.54, 1.807) is 0 Å². The summed E-state index contributed by atoms with van der Waals surface area (Å²) < 4.78 is 5.52. The molecule has 2 nitrogen and oxygen atoms in total. The molecule has 0 aromatic heterocycles. The minimum atomic E-state index is 0.0356. The summed E-state index contributed by atoms with van der Waals surface area (Å²) in [5.74, 6) is 0.735. The summed E-state index contributed by atoms with van der Waals surface area (Å²) in [6.45, 7) is 7.50. The fourth-order valence-corrected chi connectivity index (χ4v) is 6.06. The molecule has 0 fully saturated rings. The Balaban J connectivity index is 3.38. The van der Waals surface area contributed by atoms with Crippen molar-refractivity contribution >= 4 is 5.97 Å². The maximum absolute atomic E-state index is 12.2. The molecule has 0 saturated carbocycles. The Morgan fingerprint density at radius 3 is 1.10 bits per heavy atom. The predicted molar refractivity (Wildman–Crippen MR) is 179 cm³/mol. The van der Waals surface area contributed by atoms with Crippen molar-refractivity contribution < 1.29 is 9.53 Å². The molecule has 40 heavy (non-hydrogen) atoms. The zero-order valence-corrected chi connectivity index (χ0v) is 28.2. The van der Waals surface area contributed by atoms with Gasteiger partial charge >= 0.3 is 5.97 Å². The Bertz CT molecular complexity index is 474. The molecule has 0 amide bonds. The highest BCUT2D eigenvalue weighted by molar-refractivity contribution is 5.69. The van der Waals surface area contributed by atoms with Crippen LogP contribution in [-0.4, -0.2) is 12.6 Å². The molecule has 0 bridgehead atoms.